The Labute approximate surface area is 127 Å². The van der Waals surface area contributed by atoms with E-state index >= 15 is 0 Å². The van der Waals surface area contributed by atoms with Crippen LogP contribution in [0.4, 0.5) is 5.69 Å². The first kappa shape index (κ1) is 13.5. The highest BCUT2D eigenvalue weighted by molar-refractivity contribution is 7.12. The lowest BCUT2D eigenvalue weighted by Gasteiger charge is -2.35. The highest BCUT2D eigenvalue weighted by atomic mass is 35.5. The summed E-state index contributed by atoms with van der Waals surface area (Å²) < 4.78 is 0. The van der Waals surface area contributed by atoms with Gasteiger partial charge in [0.05, 0.1) is 9.90 Å². The van der Waals surface area contributed by atoms with Crippen LogP contribution in [0.2, 0.25) is 5.02 Å². The van der Waals surface area contributed by atoms with Crippen molar-refractivity contribution in [2.75, 3.05) is 31.1 Å². The maximum Gasteiger partial charge on any atom is 0.264 e. The van der Waals surface area contributed by atoms with Crippen LogP contribution in [0, 0.1) is 0 Å². The van der Waals surface area contributed by atoms with Crippen molar-refractivity contribution in [3.8, 4) is 0 Å². The molecule has 1 aromatic carbocycles. The number of halogens is 1. The molecule has 1 aliphatic heterocycles. The summed E-state index contributed by atoms with van der Waals surface area (Å²) in [4.78, 5) is 17.3. The van der Waals surface area contributed by atoms with E-state index in [0.717, 1.165) is 31.1 Å². The number of amides is 1. The Balaban J connectivity index is 1.63. The van der Waals surface area contributed by atoms with Crippen LogP contribution < -0.4 is 4.90 Å². The second-order valence-electron chi connectivity index (χ2n) is 4.74. The second kappa shape index (κ2) is 5.85. The molecular formula is C15H15ClN2OS. The zero-order chi connectivity index (χ0) is 13.9. The van der Waals surface area contributed by atoms with Gasteiger partial charge in [0, 0.05) is 37.2 Å². The Hall–Kier alpha value is -1.52. The first-order valence-corrected chi connectivity index (χ1v) is 7.83. The Morgan fingerprint density at radius 3 is 2.40 bits per heavy atom. The van der Waals surface area contributed by atoms with Gasteiger partial charge in [0.2, 0.25) is 0 Å². The van der Waals surface area contributed by atoms with Crippen LogP contribution in [0.15, 0.2) is 41.8 Å². The number of hydrogen-bond acceptors (Lipinski definition) is 3. The van der Waals surface area contributed by atoms with Crippen LogP contribution in [0.1, 0.15) is 9.67 Å². The molecule has 0 atom stereocenters. The molecule has 104 valence electrons. The molecule has 0 aliphatic carbocycles. The number of carbonyl (C=O) groups is 1. The van der Waals surface area contributed by atoms with Crippen LogP contribution in [0.5, 0.6) is 0 Å². The summed E-state index contributed by atoms with van der Waals surface area (Å²) in [5, 5.41) is 2.44. The van der Waals surface area contributed by atoms with E-state index in [1.165, 1.54) is 17.0 Å². The Morgan fingerprint density at radius 1 is 1.10 bits per heavy atom. The van der Waals surface area contributed by atoms with E-state index in [1.807, 2.05) is 23.1 Å². The fraction of sp³-hybridized carbons (Fsp3) is 0.267. The summed E-state index contributed by atoms with van der Waals surface area (Å²) in [5.74, 6) is 0.0922. The molecule has 1 aliphatic rings. The van der Waals surface area contributed by atoms with Gasteiger partial charge in [-0.3, -0.25) is 4.79 Å². The van der Waals surface area contributed by atoms with Crippen molar-refractivity contribution in [3.05, 3.63) is 51.7 Å². The quantitative estimate of drug-likeness (QED) is 0.849. The summed E-state index contributed by atoms with van der Waals surface area (Å²) in [7, 11) is 0. The third-order valence-electron chi connectivity index (χ3n) is 3.47. The van der Waals surface area contributed by atoms with Gasteiger partial charge in [-0.15, -0.1) is 11.3 Å². The monoisotopic (exact) mass is 306 g/mol. The fourth-order valence-corrected chi connectivity index (χ4v) is 3.43. The molecule has 20 heavy (non-hydrogen) atoms. The molecule has 2 heterocycles. The summed E-state index contributed by atoms with van der Waals surface area (Å²) in [6.45, 7) is 3.25. The highest BCUT2D eigenvalue weighted by Gasteiger charge is 2.23. The largest absolute Gasteiger partial charge is 0.368 e. The van der Waals surface area contributed by atoms with E-state index in [-0.39, 0.29) is 5.91 Å². The van der Waals surface area contributed by atoms with Crippen LogP contribution in [-0.2, 0) is 0 Å². The highest BCUT2D eigenvalue weighted by Crippen LogP contribution is 2.22. The molecule has 0 N–H and O–H groups in total. The van der Waals surface area contributed by atoms with Gasteiger partial charge < -0.3 is 9.80 Å². The van der Waals surface area contributed by atoms with E-state index in [2.05, 4.69) is 17.0 Å². The van der Waals surface area contributed by atoms with Gasteiger partial charge in [0.25, 0.3) is 5.91 Å². The van der Waals surface area contributed by atoms with Gasteiger partial charge >= 0.3 is 0 Å². The number of anilines is 1. The van der Waals surface area contributed by atoms with E-state index in [0.29, 0.717) is 5.02 Å². The Bertz CT molecular complexity index is 591. The van der Waals surface area contributed by atoms with Crippen molar-refractivity contribution >= 4 is 34.5 Å². The van der Waals surface area contributed by atoms with Crippen molar-refractivity contribution in [2.24, 2.45) is 0 Å². The van der Waals surface area contributed by atoms with E-state index in [1.54, 1.807) is 11.4 Å². The Kier molecular flexibility index (Phi) is 3.94. The predicted octanol–water partition coefficient (Wildman–Crippen LogP) is 3.36. The molecule has 3 nitrogen and oxygen atoms in total. The van der Waals surface area contributed by atoms with Crippen LogP contribution in [-0.4, -0.2) is 37.0 Å². The minimum absolute atomic E-state index is 0.0922. The van der Waals surface area contributed by atoms with Gasteiger partial charge in [-0.2, -0.15) is 0 Å². The van der Waals surface area contributed by atoms with Crippen molar-refractivity contribution < 1.29 is 4.79 Å². The molecule has 0 spiro atoms. The van der Waals surface area contributed by atoms with Gasteiger partial charge in [-0.1, -0.05) is 29.8 Å². The summed E-state index contributed by atoms with van der Waals surface area (Å²) in [6, 6.07) is 12.1. The maximum atomic E-state index is 12.3. The zero-order valence-corrected chi connectivity index (χ0v) is 12.5. The molecule has 2 aromatic rings. The lowest BCUT2D eigenvalue weighted by Crippen LogP contribution is -2.48. The van der Waals surface area contributed by atoms with Gasteiger partial charge in [-0.05, 0) is 18.2 Å². The van der Waals surface area contributed by atoms with E-state index in [4.69, 9.17) is 11.6 Å². The minimum Gasteiger partial charge on any atom is -0.368 e. The van der Waals surface area contributed by atoms with E-state index in [9.17, 15) is 4.79 Å². The molecular weight excluding hydrogens is 292 g/mol. The Morgan fingerprint density at radius 2 is 1.80 bits per heavy atom. The van der Waals surface area contributed by atoms with Crippen LogP contribution in [0.25, 0.3) is 0 Å². The first-order valence-electron chi connectivity index (χ1n) is 6.57. The molecule has 3 rings (SSSR count). The van der Waals surface area contributed by atoms with Gasteiger partial charge in [-0.25, -0.2) is 0 Å². The molecule has 1 saturated heterocycles. The van der Waals surface area contributed by atoms with E-state index < -0.39 is 0 Å². The lowest BCUT2D eigenvalue weighted by atomic mass is 10.2. The summed E-state index contributed by atoms with van der Waals surface area (Å²) in [5.41, 5.74) is 1.22. The second-order valence-corrected chi connectivity index (χ2v) is 6.09. The summed E-state index contributed by atoms with van der Waals surface area (Å²) in [6.07, 6.45) is 0. The maximum absolute atomic E-state index is 12.3. The molecule has 5 heteroatoms. The smallest absolute Gasteiger partial charge is 0.264 e. The van der Waals surface area contributed by atoms with Gasteiger partial charge in [0.15, 0.2) is 0 Å². The standard InChI is InChI=1S/C15H15ClN2OS/c16-12-10-14(20-11-12)15(19)18-8-6-17(7-9-18)13-4-2-1-3-5-13/h1-5,10-11H,6-9H2. The van der Waals surface area contributed by atoms with Crippen LogP contribution >= 0.6 is 22.9 Å². The van der Waals surface area contributed by atoms with Crippen molar-refractivity contribution in [1.82, 2.24) is 4.90 Å². The lowest BCUT2D eigenvalue weighted by molar-refractivity contribution is 0.0751. The average Bonchev–Trinajstić information content (AvgIpc) is 2.94. The third kappa shape index (κ3) is 2.81. The first-order chi connectivity index (χ1) is 9.74. The van der Waals surface area contributed by atoms with Crippen molar-refractivity contribution in [2.45, 2.75) is 0 Å². The number of carbonyl (C=O) groups excluding carboxylic acids is 1. The predicted molar refractivity (Wildman–Crippen MR) is 83.9 cm³/mol. The average molecular weight is 307 g/mol. The molecule has 1 amide bonds. The molecule has 1 fully saturated rings. The SMILES string of the molecule is O=C(c1cc(Cl)cs1)N1CCN(c2ccccc2)CC1. The molecule has 0 radical (unpaired) electrons. The summed E-state index contributed by atoms with van der Waals surface area (Å²) >= 11 is 7.29. The number of nitrogens with zero attached hydrogens (tertiary/aromatic N) is 2. The van der Waals surface area contributed by atoms with Crippen molar-refractivity contribution in [1.29, 1.82) is 0 Å². The number of piperazine rings is 1. The van der Waals surface area contributed by atoms with Crippen LogP contribution in [0.3, 0.4) is 0 Å². The number of para-hydroxylation sites is 1. The van der Waals surface area contributed by atoms with Crippen molar-refractivity contribution in [3.63, 3.8) is 0 Å². The van der Waals surface area contributed by atoms with Gasteiger partial charge in [0.1, 0.15) is 0 Å². The minimum atomic E-state index is 0.0922. The number of benzene rings is 1. The number of rotatable bonds is 2. The molecule has 0 bridgehead atoms. The molecule has 0 unspecified atom stereocenters. The third-order valence-corrected chi connectivity index (χ3v) is 4.73. The molecule has 1 aromatic heterocycles. The fourth-order valence-electron chi connectivity index (χ4n) is 2.39. The topological polar surface area (TPSA) is 23.6 Å². The molecule has 0 saturated carbocycles. The number of thiophene rings is 1. The normalized spacial score (nSPS) is 15.4. The zero-order valence-electron chi connectivity index (χ0n) is 11.0. The number of hydrogen-bond donors (Lipinski definition) is 0.